The number of hydrogen-bond acceptors (Lipinski definition) is 4. The van der Waals surface area contributed by atoms with Crippen LogP contribution in [-0.2, 0) is 4.79 Å². The zero-order valence-corrected chi connectivity index (χ0v) is 9.55. The number of fused-ring (bicyclic) bond motifs is 1. The fraction of sp³-hybridized carbons (Fsp3) is 0.308. The van der Waals surface area contributed by atoms with E-state index in [1.54, 1.807) is 18.2 Å². The zero-order valence-electron chi connectivity index (χ0n) is 9.55. The Labute approximate surface area is 102 Å². The van der Waals surface area contributed by atoms with Crippen LogP contribution in [0.3, 0.4) is 0 Å². The molecule has 1 N–H and O–H groups in total. The third kappa shape index (κ3) is 1.37. The summed E-state index contributed by atoms with van der Waals surface area (Å²) >= 11 is 0. The number of carbonyl (C=O) groups is 2. The van der Waals surface area contributed by atoms with Crippen LogP contribution in [-0.4, -0.2) is 21.8 Å². The number of rotatable bonds is 3. The van der Waals surface area contributed by atoms with Crippen LogP contribution in [0.25, 0.3) is 11.1 Å². The number of oxazole rings is 1. The molecule has 0 unspecified atom stereocenters. The molecule has 1 saturated carbocycles. The second-order valence-electron chi connectivity index (χ2n) is 4.60. The van der Waals surface area contributed by atoms with Crippen LogP contribution in [0.15, 0.2) is 29.0 Å². The van der Waals surface area contributed by atoms with E-state index in [9.17, 15) is 14.7 Å². The van der Waals surface area contributed by atoms with Crippen LogP contribution in [0.5, 0.6) is 0 Å². The Hall–Kier alpha value is -2.17. The molecule has 1 aromatic carbocycles. The Balaban J connectivity index is 2.03. The molecule has 5 nitrogen and oxygen atoms in total. The quantitative estimate of drug-likeness (QED) is 0.662. The number of Topliss-reactive ketones (excluding diaryl/α,β-unsaturated/α-hetero) is 1. The monoisotopic (exact) mass is 245 g/mol. The van der Waals surface area contributed by atoms with Gasteiger partial charge in [-0.2, -0.15) is 0 Å². The molecule has 0 spiro atoms. The average Bonchev–Trinajstić information content (AvgIpc) is 2.73. The summed E-state index contributed by atoms with van der Waals surface area (Å²) < 4.78 is 5.12. The fourth-order valence-corrected chi connectivity index (χ4v) is 2.34. The van der Waals surface area contributed by atoms with Crippen molar-refractivity contribution in [2.45, 2.75) is 19.3 Å². The van der Waals surface area contributed by atoms with Gasteiger partial charge in [-0.05, 0) is 31.0 Å². The van der Waals surface area contributed by atoms with Gasteiger partial charge in [0, 0.05) is 5.56 Å². The molecule has 1 aromatic heterocycles. The first-order chi connectivity index (χ1) is 8.63. The number of carbonyl (C=O) groups excluding carboxylic acids is 1. The molecule has 0 saturated heterocycles. The van der Waals surface area contributed by atoms with Crippen molar-refractivity contribution in [3.63, 3.8) is 0 Å². The van der Waals surface area contributed by atoms with E-state index in [1.807, 2.05) is 0 Å². The molecule has 2 aromatic rings. The van der Waals surface area contributed by atoms with E-state index in [0.29, 0.717) is 29.5 Å². The number of ketones is 1. The molecule has 0 atom stereocenters. The molecule has 18 heavy (non-hydrogen) atoms. The Kier molecular flexibility index (Phi) is 2.23. The normalized spacial score (nSPS) is 17.3. The van der Waals surface area contributed by atoms with Gasteiger partial charge in [-0.25, -0.2) is 4.98 Å². The molecule has 5 heteroatoms. The van der Waals surface area contributed by atoms with Crippen molar-refractivity contribution >= 4 is 22.9 Å². The lowest BCUT2D eigenvalue weighted by molar-refractivity contribution is -0.150. The Morgan fingerprint density at radius 2 is 2.11 bits per heavy atom. The summed E-state index contributed by atoms with van der Waals surface area (Å²) in [5, 5.41) is 9.23. The van der Waals surface area contributed by atoms with Crippen LogP contribution in [0.2, 0.25) is 0 Å². The van der Waals surface area contributed by atoms with E-state index in [1.165, 1.54) is 6.39 Å². The van der Waals surface area contributed by atoms with Gasteiger partial charge in [0.15, 0.2) is 17.8 Å². The Bertz CT molecular complexity index is 639. The average molecular weight is 245 g/mol. The molecule has 1 heterocycles. The molecule has 0 amide bonds. The van der Waals surface area contributed by atoms with Crippen molar-refractivity contribution < 1.29 is 19.1 Å². The highest BCUT2D eigenvalue weighted by molar-refractivity contribution is 6.13. The maximum absolute atomic E-state index is 12.3. The number of carboxylic acids is 1. The minimum absolute atomic E-state index is 0.334. The first kappa shape index (κ1) is 11.0. The smallest absolute Gasteiger partial charge is 0.317 e. The molecule has 1 aliphatic rings. The second-order valence-corrected chi connectivity index (χ2v) is 4.60. The fourth-order valence-electron chi connectivity index (χ4n) is 2.34. The van der Waals surface area contributed by atoms with Gasteiger partial charge in [-0.15, -0.1) is 0 Å². The van der Waals surface area contributed by atoms with Crippen molar-refractivity contribution in [1.82, 2.24) is 4.98 Å². The predicted molar refractivity (Wildman–Crippen MR) is 62.3 cm³/mol. The number of aliphatic carboxylic acids is 1. The third-order valence-corrected chi connectivity index (χ3v) is 3.64. The minimum Gasteiger partial charge on any atom is -0.480 e. The standard InChI is InChI=1S/C13H11NO4/c15-11(13(12(16)17)4-1-5-13)8-2-3-9-10(6-8)18-7-14-9/h2-3,6-7H,1,4-5H2,(H,16,17). The summed E-state index contributed by atoms with van der Waals surface area (Å²) in [7, 11) is 0. The topological polar surface area (TPSA) is 80.4 Å². The van der Waals surface area contributed by atoms with Crippen LogP contribution in [0.4, 0.5) is 0 Å². The van der Waals surface area contributed by atoms with Crippen molar-refractivity contribution in [1.29, 1.82) is 0 Å². The number of benzene rings is 1. The number of aromatic nitrogens is 1. The molecule has 0 radical (unpaired) electrons. The van der Waals surface area contributed by atoms with E-state index in [-0.39, 0.29) is 5.78 Å². The second kappa shape index (κ2) is 3.66. The largest absolute Gasteiger partial charge is 0.480 e. The number of carboxylic acid groups (broad SMARTS) is 1. The highest BCUT2D eigenvalue weighted by Gasteiger charge is 2.51. The lowest BCUT2D eigenvalue weighted by Gasteiger charge is -2.35. The van der Waals surface area contributed by atoms with Gasteiger partial charge in [0.05, 0.1) is 0 Å². The third-order valence-electron chi connectivity index (χ3n) is 3.64. The summed E-state index contributed by atoms with van der Waals surface area (Å²) in [5.41, 5.74) is 0.305. The van der Waals surface area contributed by atoms with E-state index in [2.05, 4.69) is 4.98 Å². The first-order valence-corrected chi connectivity index (χ1v) is 5.75. The van der Waals surface area contributed by atoms with Gasteiger partial charge in [-0.3, -0.25) is 9.59 Å². The summed E-state index contributed by atoms with van der Waals surface area (Å²) in [6, 6.07) is 4.84. The summed E-state index contributed by atoms with van der Waals surface area (Å²) in [4.78, 5) is 27.5. The Morgan fingerprint density at radius 1 is 1.33 bits per heavy atom. The van der Waals surface area contributed by atoms with E-state index < -0.39 is 11.4 Å². The van der Waals surface area contributed by atoms with Gasteiger partial charge in [0.2, 0.25) is 0 Å². The SMILES string of the molecule is O=C(O)C1(C(=O)c2ccc3ncoc3c2)CCC1. The van der Waals surface area contributed by atoms with Crippen LogP contribution in [0, 0.1) is 5.41 Å². The van der Waals surface area contributed by atoms with Gasteiger partial charge in [0.25, 0.3) is 0 Å². The lowest BCUT2D eigenvalue weighted by Crippen LogP contribution is -2.45. The number of hydrogen-bond donors (Lipinski definition) is 1. The van der Waals surface area contributed by atoms with Crippen LogP contribution < -0.4 is 0 Å². The molecular weight excluding hydrogens is 234 g/mol. The molecule has 0 aliphatic heterocycles. The Morgan fingerprint density at radius 3 is 2.72 bits per heavy atom. The highest BCUT2D eigenvalue weighted by atomic mass is 16.4. The van der Waals surface area contributed by atoms with Crippen LogP contribution >= 0.6 is 0 Å². The van der Waals surface area contributed by atoms with Crippen molar-refractivity contribution in [2.75, 3.05) is 0 Å². The molecule has 1 aliphatic carbocycles. The van der Waals surface area contributed by atoms with Crippen LogP contribution in [0.1, 0.15) is 29.6 Å². The molecule has 3 rings (SSSR count). The molecular formula is C13H11NO4. The predicted octanol–water partition coefficient (Wildman–Crippen LogP) is 2.27. The molecule has 0 bridgehead atoms. The first-order valence-electron chi connectivity index (χ1n) is 5.75. The maximum Gasteiger partial charge on any atom is 0.317 e. The van der Waals surface area contributed by atoms with Gasteiger partial charge >= 0.3 is 5.97 Å². The highest BCUT2D eigenvalue weighted by Crippen LogP contribution is 2.44. The van der Waals surface area contributed by atoms with E-state index in [0.717, 1.165) is 6.42 Å². The molecule has 92 valence electrons. The summed E-state index contributed by atoms with van der Waals surface area (Å²) in [6.45, 7) is 0. The van der Waals surface area contributed by atoms with Crippen molar-refractivity contribution in [2.24, 2.45) is 5.41 Å². The van der Waals surface area contributed by atoms with E-state index >= 15 is 0 Å². The zero-order chi connectivity index (χ0) is 12.8. The van der Waals surface area contributed by atoms with Gasteiger partial charge in [0.1, 0.15) is 10.9 Å². The van der Waals surface area contributed by atoms with Crippen molar-refractivity contribution in [3.05, 3.63) is 30.2 Å². The van der Waals surface area contributed by atoms with Gasteiger partial charge < -0.3 is 9.52 Å². The van der Waals surface area contributed by atoms with Gasteiger partial charge in [-0.1, -0.05) is 6.42 Å². The van der Waals surface area contributed by atoms with Crippen molar-refractivity contribution in [3.8, 4) is 0 Å². The van der Waals surface area contributed by atoms with E-state index in [4.69, 9.17) is 4.42 Å². The minimum atomic E-state index is -1.23. The lowest BCUT2D eigenvalue weighted by atomic mass is 9.64. The maximum atomic E-state index is 12.3. The molecule has 1 fully saturated rings. The number of nitrogens with zero attached hydrogens (tertiary/aromatic N) is 1. The summed E-state index contributed by atoms with van der Waals surface area (Å²) in [5.74, 6) is -1.36. The summed E-state index contributed by atoms with van der Waals surface area (Å²) in [6.07, 6.45) is 2.91.